The molecule has 1 aliphatic heterocycles. The van der Waals surface area contributed by atoms with Crippen LogP contribution >= 0.6 is 0 Å². The van der Waals surface area contributed by atoms with Gasteiger partial charge in [-0.3, -0.25) is 0 Å². The van der Waals surface area contributed by atoms with E-state index in [0.717, 1.165) is 18.6 Å². The van der Waals surface area contributed by atoms with E-state index in [-0.39, 0.29) is 0 Å². The van der Waals surface area contributed by atoms with Crippen LogP contribution in [-0.4, -0.2) is 19.3 Å². The van der Waals surface area contributed by atoms with Crippen LogP contribution < -0.4 is 10.6 Å². The Hall–Kier alpha value is -0.340. The van der Waals surface area contributed by atoms with Crippen LogP contribution in [0.2, 0.25) is 0 Å². The first-order valence-electron chi connectivity index (χ1n) is 4.47. The third kappa shape index (κ3) is 1.47. The summed E-state index contributed by atoms with van der Waals surface area (Å²) in [6, 6.07) is 0.766. The molecule has 2 N–H and O–H groups in total. The molecule has 2 heteroatoms. The fourth-order valence-electron chi connectivity index (χ4n) is 2.15. The predicted octanol–water partition coefficient (Wildman–Crippen LogP) is 0.862. The second-order valence-electron chi connectivity index (χ2n) is 3.69. The molecule has 1 aliphatic carbocycles. The minimum atomic E-state index is 0.766. The maximum absolute atomic E-state index is 4.05. The van der Waals surface area contributed by atoms with E-state index < -0.39 is 0 Å². The zero-order valence-electron chi connectivity index (χ0n) is 6.90. The highest BCUT2D eigenvalue weighted by Crippen LogP contribution is 2.28. The Balaban J connectivity index is 1.98. The lowest BCUT2D eigenvalue weighted by molar-refractivity contribution is 0.242. The number of allylic oxidation sites excluding steroid dienone is 1. The van der Waals surface area contributed by atoms with Gasteiger partial charge in [0.05, 0.1) is 0 Å². The van der Waals surface area contributed by atoms with Crippen molar-refractivity contribution in [1.29, 1.82) is 0 Å². The smallest absolute Gasteiger partial charge is 0.0456 e. The van der Waals surface area contributed by atoms with Gasteiger partial charge < -0.3 is 10.6 Å². The molecule has 0 amide bonds. The number of fused-ring (bicyclic) bond motifs is 1. The van der Waals surface area contributed by atoms with Crippen LogP contribution in [0.5, 0.6) is 0 Å². The number of hydrogen-bond donors (Lipinski definition) is 2. The van der Waals surface area contributed by atoms with E-state index in [1.165, 1.54) is 31.4 Å². The van der Waals surface area contributed by atoms with E-state index in [1.807, 2.05) is 0 Å². The summed E-state index contributed by atoms with van der Waals surface area (Å²) in [6.45, 7) is 6.22. The van der Waals surface area contributed by atoms with Gasteiger partial charge in [-0.05, 0) is 25.2 Å². The zero-order chi connectivity index (χ0) is 7.68. The lowest BCUT2D eigenvalue weighted by Gasteiger charge is -2.37. The van der Waals surface area contributed by atoms with Gasteiger partial charge in [-0.1, -0.05) is 12.2 Å². The Bertz CT molecular complexity index is 165. The van der Waals surface area contributed by atoms with Gasteiger partial charge in [-0.2, -0.15) is 0 Å². The first kappa shape index (κ1) is 7.32. The number of rotatable bonds is 0. The van der Waals surface area contributed by atoms with E-state index in [1.54, 1.807) is 0 Å². The van der Waals surface area contributed by atoms with E-state index in [2.05, 4.69) is 17.2 Å². The summed E-state index contributed by atoms with van der Waals surface area (Å²) in [4.78, 5) is 0. The van der Waals surface area contributed by atoms with E-state index in [4.69, 9.17) is 0 Å². The summed E-state index contributed by atoms with van der Waals surface area (Å²) in [5.41, 5.74) is 1.44. The highest BCUT2D eigenvalue weighted by atomic mass is 15.1. The fourth-order valence-corrected chi connectivity index (χ4v) is 2.15. The van der Waals surface area contributed by atoms with Gasteiger partial charge in [0.1, 0.15) is 0 Å². The Labute approximate surface area is 68.1 Å². The maximum atomic E-state index is 4.05. The van der Waals surface area contributed by atoms with Crippen LogP contribution in [0.25, 0.3) is 0 Å². The van der Waals surface area contributed by atoms with Crippen LogP contribution in [0.3, 0.4) is 0 Å². The molecule has 0 aromatic heterocycles. The summed E-state index contributed by atoms with van der Waals surface area (Å²) in [5, 5.41) is 6.84. The topological polar surface area (TPSA) is 24.1 Å². The van der Waals surface area contributed by atoms with Crippen LogP contribution in [0.4, 0.5) is 0 Å². The summed E-state index contributed by atoms with van der Waals surface area (Å²) in [6.07, 6.45) is 3.75. The monoisotopic (exact) mass is 152 g/mol. The Morgan fingerprint density at radius 1 is 1.45 bits per heavy atom. The Morgan fingerprint density at radius 3 is 3.27 bits per heavy atom. The summed E-state index contributed by atoms with van der Waals surface area (Å²) in [5.74, 6) is 0.810. The SMILES string of the molecule is C=C1CCC2NCNCC2C1. The zero-order valence-corrected chi connectivity index (χ0v) is 6.90. The molecule has 2 atom stereocenters. The van der Waals surface area contributed by atoms with Gasteiger partial charge in [0.25, 0.3) is 0 Å². The molecule has 2 aliphatic rings. The molecule has 0 spiro atoms. The van der Waals surface area contributed by atoms with Crippen molar-refractivity contribution in [3.8, 4) is 0 Å². The van der Waals surface area contributed by atoms with Gasteiger partial charge >= 0.3 is 0 Å². The standard InChI is InChI=1S/C9H16N2/c1-7-2-3-9-8(4-7)5-10-6-11-9/h8-11H,1-6H2. The molecule has 1 heterocycles. The molecule has 1 saturated carbocycles. The van der Waals surface area contributed by atoms with Crippen molar-refractivity contribution in [3.63, 3.8) is 0 Å². The van der Waals surface area contributed by atoms with Gasteiger partial charge in [-0.15, -0.1) is 0 Å². The van der Waals surface area contributed by atoms with Crippen molar-refractivity contribution < 1.29 is 0 Å². The maximum Gasteiger partial charge on any atom is 0.0456 e. The van der Waals surface area contributed by atoms with Crippen molar-refractivity contribution in [2.24, 2.45) is 5.92 Å². The molecule has 0 aromatic carbocycles. The van der Waals surface area contributed by atoms with E-state index in [9.17, 15) is 0 Å². The number of nitrogens with one attached hydrogen (secondary N) is 2. The van der Waals surface area contributed by atoms with E-state index >= 15 is 0 Å². The summed E-state index contributed by atoms with van der Waals surface area (Å²) in [7, 11) is 0. The van der Waals surface area contributed by atoms with Gasteiger partial charge in [0, 0.05) is 19.3 Å². The van der Waals surface area contributed by atoms with Crippen molar-refractivity contribution in [3.05, 3.63) is 12.2 Å². The molecule has 2 unspecified atom stereocenters. The molecule has 2 rings (SSSR count). The first-order valence-corrected chi connectivity index (χ1v) is 4.47. The third-order valence-electron chi connectivity index (χ3n) is 2.82. The fraction of sp³-hybridized carbons (Fsp3) is 0.778. The molecule has 2 nitrogen and oxygen atoms in total. The van der Waals surface area contributed by atoms with Crippen LogP contribution in [0, 0.1) is 5.92 Å². The van der Waals surface area contributed by atoms with Crippen LogP contribution in [0.1, 0.15) is 19.3 Å². The molecule has 0 aromatic rings. The normalized spacial score (nSPS) is 38.4. The summed E-state index contributed by atoms with van der Waals surface area (Å²) < 4.78 is 0. The average molecular weight is 152 g/mol. The third-order valence-corrected chi connectivity index (χ3v) is 2.82. The lowest BCUT2D eigenvalue weighted by Crippen LogP contribution is -2.52. The quantitative estimate of drug-likeness (QED) is 0.503. The highest BCUT2D eigenvalue weighted by Gasteiger charge is 2.28. The molecule has 1 saturated heterocycles. The second-order valence-corrected chi connectivity index (χ2v) is 3.69. The van der Waals surface area contributed by atoms with Crippen molar-refractivity contribution in [1.82, 2.24) is 10.6 Å². The molecule has 62 valence electrons. The molecule has 11 heavy (non-hydrogen) atoms. The lowest BCUT2D eigenvalue weighted by atomic mass is 9.81. The summed E-state index contributed by atoms with van der Waals surface area (Å²) >= 11 is 0. The average Bonchev–Trinajstić information content (AvgIpc) is 2.04. The molecular weight excluding hydrogens is 136 g/mol. The Kier molecular flexibility index (Phi) is 1.96. The minimum Gasteiger partial charge on any atom is -0.304 e. The second kappa shape index (κ2) is 2.95. The van der Waals surface area contributed by atoms with Gasteiger partial charge in [-0.25, -0.2) is 0 Å². The highest BCUT2D eigenvalue weighted by molar-refractivity contribution is 5.04. The van der Waals surface area contributed by atoms with Crippen molar-refractivity contribution in [2.75, 3.05) is 13.2 Å². The minimum absolute atomic E-state index is 0.766. The predicted molar refractivity (Wildman–Crippen MR) is 46.3 cm³/mol. The molecule has 2 fully saturated rings. The molecular formula is C9H16N2. The van der Waals surface area contributed by atoms with Crippen molar-refractivity contribution >= 4 is 0 Å². The van der Waals surface area contributed by atoms with Crippen LogP contribution in [0.15, 0.2) is 12.2 Å². The van der Waals surface area contributed by atoms with Gasteiger partial charge in [0.2, 0.25) is 0 Å². The Morgan fingerprint density at radius 2 is 2.36 bits per heavy atom. The number of hydrogen-bond acceptors (Lipinski definition) is 2. The molecule has 0 bridgehead atoms. The molecule has 0 radical (unpaired) electrons. The van der Waals surface area contributed by atoms with Crippen molar-refractivity contribution in [2.45, 2.75) is 25.3 Å². The van der Waals surface area contributed by atoms with E-state index in [0.29, 0.717) is 0 Å². The largest absolute Gasteiger partial charge is 0.304 e. The van der Waals surface area contributed by atoms with Crippen LogP contribution in [-0.2, 0) is 0 Å². The first-order chi connectivity index (χ1) is 5.36. The van der Waals surface area contributed by atoms with Gasteiger partial charge in [0.15, 0.2) is 0 Å².